The van der Waals surface area contributed by atoms with Crippen molar-refractivity contribution in [3.63, 3.8) is 0 Å². The van der Waals surface area contributed by atoms with Crippen molar-refractivity contribution >= 4 is 5.91 Å². The SMILES string of the molecule is CCCCC/C=C\C/C=C\C/C=C\CCCCCCCCC(=O)NC(COC1OC(CO)C(OC2OC(CO)C(OC3OC(CO)C(O)C(O)C3O)C(O)C2O)C(O)C1O)C(O)/C=C/CCCCCCCCCCCCCCCCCCCCCCCCCCCCCC. The smallest absolute Gasteiger partial charge is 0.220 e. The summed E-state index contributed by atoms with van der Waals surface area (Å²) in [5.74, 6) is -0.286. The molecule has 94 heavy (non-hydrogen) atoms. The van der Waals surface area contributed by atoms with Gasteiger partial charge in [-0.1, -0.05) is 274 Å². The first-order valence-corrected chi connectivity index (χ1v) is 37.9. The van der Waals surface area contributed by atoms with E-state index in [-0.39, 0.29) is 18.9 Å². The lowest BCUT2D eigenvalue weighted by Crippen LogP contribution is -2.66. The van der Waals surface area contributed by atoms with Gasteiger partial charge in [0.2, 0.25) is 5.91 Å². The fraction of sp³-hybridized carbons (Fsp3) is 0.880. The van der Waals surface area contributed by atoms with Gasteiger partial charge < -0.3 is 89.9 Å². The van der Waals surface area contributed by atoms with Crippen LogP contribution in [0.2, 0.25) is 0 Å². The van der Waals surface area contributed by atoms with E-state index < -0.39 is 124 Å². The lowest BCUT2D eigenvalue weighted by molar-refractivity contribution is -0.379. The summed E-state index contributed by atoms with van der Waals surface area (Å²) >= 11 is 0. The van der Waals surface area contributed by atoms with Crippen LogP contribution < -0.4 is 5.32 Å². The summed E-state index contributed by atoms with van der Waals surface area (Å²) < 4.78 is 34.4. The molecule has 17 atom stereocenters. The number of nitrogens with one attached hydrogen (secondary N) is 1. The molecule has 0 radical (unpaired) electrons. The van der Waals surface area contributed by atoms with Crippen LogP contribution >= 0.6 is 0 Å². The van der Waals surface area contributed by atoms with Crippen LogP contribution in [0.3, 0.4) is 0 Å². The second-order valence-electron chi connectivity index (χ2n) is 27.1. The second-order valence-corrected chi connectivity index (χ2v) is 27.1. The largest absolute Gasteiger partial charge is 0.394 e. The van der Waals surface area contributed by atoms with Crippen molar-refractivity contribution in [2.24, 2.45) is 0 Å². The molecule has 3 saturated heterocycles. The monoisotopic (exact) mass is 1340 g/mol. The molecule has 3 aliphatic heterocycles. The Morgan fingerprint density at radius 2 is 0.702 bits per heavy atom. The van der Waals surface area contributed by atoms with E-state index in [0.29, 0.717) is 6.42 Å². The van der Waals surface area contributed by atoms with Crippen LogP contribution in [0.25, 0.3) is 0 Å². The minimum absolute atomic E-state index is 0.228. The number of carbonyl (C=O) groups excluding carboxylic acids is 1. The van der Waals surface area contributed by atoms with Gasteiger partial charge in [-0.15, -0.1) is 0 Å². The van der Waals surface area contributed by atoms with Crippen molar-refractivity contribution < 1.29 is 89.4 Å². The van der Waals surface area contributed by atoms with Gasteiger partial charge in [0, 0.05) is 6.42 Å². The molecule has 0 aliphatic carbocycles. The van der Waals surface area contributed by atoms with Crippen LogP contribution in [-0.2, 0) is 33.2 Å². The van der Waals surface area contributed by atoms with Crippen molar-refractivity contribution in [1.82, 2.24) is 5.32 Å². The van der Waals surface area contributed by atoms with Gasteiger partial charge in [-0.05, 0) is 57.8 Å². The lowest BCUT2D eigenvalue weighted by atomic mass is 9.96. The summed E-state index contributed by atoms with van der Waals surface area (Å²) in [6.07, 6.45) is 42.4. The number of allylic oxidation sites excluding steroid dienone is 7. The zero-order chi connectivity index (χ0) is 68.2. The molecule has 19 heteroatoms. The van der Waals surface area contributed by atoms with Crippen LogP contribution in [0, 0.1) is 0 Å². The molecule has 3 aliphatic rings. The summed E-state index contributed by atoms with van der Waals surface area (Å²) in [7, 11) is 0. The average Bonchev–Trinajstić information content (AvgIpc) is 0.787. The molecule has 3 rings (SSSR count). The van der Waals surface area contributed by atoms with Crippen molar-refractivity contribution in [1.29, 1.82) is 0 Å². The molecule has 0 spiro atoms. The van der Waals surface area contributed by atoms with E-state index in [1.165, 1.54) is 180 Å². The zero-order valence-electron chi connectivity index (χ0n) is 58.4. The van der Waals surface area contributed by atoms with Gasteiger partial charge in [0.15, 0.2) is 18.9 Å². The molecule has 19 nitrogen and oxygen atoms in total. The molecule has 12 N–H and O–H groups in total. The summed E-state index contributed by atoms with van der Waals surface area (Å²) in [5, 5.41) is 121. The molecule has 3 heterocycles. The number of unbranched alkanes of at least 4 members (excludes halogenated alkanes) is 37. The minimum Gasteiger partial charge on any atom is -0.394 e. The predicted octanol–water partition coefficient (Wildman–Crippen LogP) is 11.3. The number of ether oxygens (including phenoxy) is 6. The van der Waals surface area contributed by atoms with Gasteiger partial charge in [0.25, 0.3) is 0 Å². The second kappa shape index (κ2) is 56.5. The number of aliphatic hydroxyl groups excluding tert-OH is 11. The first kappa shape index (κ1) is 86.0. The van der Waals surface area contributed by atoms with Crippen LogP contribution in [-0.4, -0.2) is 193 Å². The van der Waals surface area contributed by atoms with Gasteiger partial charge in [-0.3, -0.25) is 4.79 Å². The standard InChI is InChI=1S/C75H137NO18/c1-3-5-7-9-11-13-15-17-19-21-23-24-25-26-27-28-29-30-31-32-33-35-36-38-40-42-44-46-48-50-52-59(80)58(76-63(81)53-51-49-47-45-43-41-39-37-34-22-20-18-16-14-12-10-8-6-4-2)57-89-73-69(87)66(84)71(61(55-78)91-73)94-75-70(88)67(85)72(62(56-79)92-75)93-74-68(86)65(83)64(82)60(54-77)90-74/h12,14,18,20,34,37,50,52,58-62,64-75,77-80,82-88H,3-11,13,15-17,19,21-33,35-36,38-49,51,53-57H2,1-2H3,(H,76,81)/b14-12-,20-18-,37-34-,52-50+. The van der Waals surface area contributed by atoms with Crippen LogP contribution in [0.1, 0.15) is 290 Å². The number of hydrogen-bond donors (Lipinski definition) is 12. The zero-order valence-corrected chi connectivity index (χ0v) is 58.4. The Morgan fingerprint density at radius 1 is 0.383 bits per heavy atom. The van der Waals surface area contributed by atoms with Gasteiger partial charge in [0.05, 0.1) is 38.6 Å². The van der Waals surface area contributed by atoms with Crippen LogP contribution in [0.4, 0.5) is 0 Å². The minimum atomic E-state index is -1.98. The Bertz CT molecular complexity index is 1890. The Hall–Kier alpha value is -2.25. The van der Waals surface area contributed by atoms with E-state index in [9.17, 15) is 61.0 Å². The molecule has 1 amide bonds. The fourth-order valence-electron chi connectivity index (χ4n) is 12.7. The summed E-state index contributed by atoms with van der Waals surface area (Å²) in [4.78, 5) is 13.4. The number of rotatable bonds is 59. The van der Waals surface area contributed by atoms with Gasteiger partial charge in [-0.2, -0.15) is 0 Å². The van der Waals surface area contributed by atoms with Crippen LogP contribution in [0.5, 0.6) is 0 Å². The third-order valence-electron chi connectivity index (χ3n) is 18.9. The molecular weight excluding hydrogens is 1200 g/mol. The molecule has 0 aromatic rings. The molecule has 3 fully saturated rings. The highest BCUT2D eigenvalue weighted by molar-refractivity contribution is 5.76. The van der Waals surface area contributed by atoms with Gasteiger partial charge >= 0.3 is 0 Å². The van der Waals surface area contributed by atoms with E-state index in [4.69, 9.17) is 28.4 Å². The molecule has 17 unspecified atom stereocenters. The van der Waals surface area contributed by atoms with E-state index >= 15 is 0 Å². The van der Waals surface area contributed by atoms with E-state index in [2.05, 4.69) is 55.6 Å². The summed E-state index contributed by atoms with van der Waals surface area (Å²) in [6, 6.07) is -0.983. The first-order chi connectivity index (χ1) is 45.8. The average molecular weight is 1340 g/mol. The van der Waals surface area contributed by atoms with Gasteiger partial charge in [-0.25, -0.2) is 0 Å². The van der Waals surface area contributed by atoms with Gasteiger partial charge in [0.1, 0.15) is 73.2 Å². The Balaban J connectivity index is 1.40. The van der Waals surface area contributed by atoms with Crippen molar-refractivity contribution in [2.45, 2.75) is 394 Å². The molecule has 0 saturated carbocycles. The normalized spacial score (nSPS) is 27.6. The third-order valence-corrected chi connectivity index (χ3v) is 18.9. The third kappa shape index (κ3) is 37.3. The number of aliphatic hydroxyl groups is 11. The van der Waals surface area contributed by atoms with Crippen molar-refractivity contribution in [3.05, 3.63) is 48.6 Å². The quantitative estimate of drug-likeness (QED) is 0.0199. The Kier molecular flexibility index (Phi) is 51.7. The van der Waals surface area contributed by atoms with Crippen molar-refractivity contribution in [2.75, 3.05) is 26.4 Å². The summed E-state index contributed by atoms with van der Waals surface area (Å²) in [6.45, 7) is 1.72. The number of amides is 1. The Labute approximate surface area is 567 Å². The van der Waals surface area contributed by atoms with E-state index in [1.807, 2.05) is 6.08 Å². The topological polar surface area (TPSA) is 307 Å². The van der Waals surface area contributed by atoms with Crippen LogP contribution in [0.15, 0.2) is 48.6 Å². The first-order valence-electron chi connectivity index (χ1n) is 37.9. The van der Waals surface area contributed by atoms with E-state index in [0.717, 1.165) is 83.5 Å². The molecule has 0 bridgehead atoms. The maximum atomic E-state index is 13.4. The number of hydrogen-bond acceptors (Lipinski definition) is 18. The molecule has 0 aromatic carbocycles. The lowest BCUT2D eigenvalue weighted by Gasteiger charge is -2.48. The highest BCUT2D eigenvalue weighted by Gasteiger charge is 2.53. The molecule has 0 aromatic heterocycles. The molecular formula is C75H137NO18. The Morgan fingerprint density at radius 3 is 1.12 bits per heavy atom. The highest BCUT2D eigenvalue weighted by Crippen LogP contribution is 2.33. The summed E-state index contributed by atoms with van der Waals surface area (Å²) in [5.41, 5.74) is 0. The highest BCUT2D eigenvalue weighted by atomic mass is 16.8. The fourth-order valence-corrected chi connectivity index (χ4v) is 12.7. The maximum absolute atomic E-state index is 13.4. The molecule has 550 valence electrons. The predicted molar refractivity (Wildman–Crippen MR) is 369 cm³/mol. The maximum Gasteiger partial charge on any atom is 0.220 e. The van der Waals surface area contributed by atoms with E-state index in [1.54, 1.807) is 6.08 Å². The van der Waals surface area contributed by atoms with Crippen molar-refractivity contribution in [3.8, 4) is 0 Å². The number of carbonyl (C=O) groups is 1.